The minimum atomic E-state index is -0.102. The summed E-state index contributed by atoms with van der Waals surface area (Å²) in [6, 6.07) is 17.9. The molecule has 4 aromatic rings. The second-order valence-corrected chi connectivity index (χ2v) is 8.35. The number of H-pyrrole nitrogens is 1. The van der Waals surface area contributed by atoms with Gasteiger partial charge in [-0.1, -0.05) is 68.4 Å². The maximum atomic E-state index is 4.86. The first-order chi connectivity index (χ1) is 14.0. The highest BCUT2D eigenvalue weighted by Gasteiger charge is 2.22. The Balaban J connectivity index is 1.74. The zero-order valence-corrected chi connectivity index (χ0v) is 16.9. The first-order valence-corrected chi connectivity index (χ1v) is 9.82. The molecule has 2 heterocycles. The van der Waals surface area contributed by atoms with Gasteiger partial charge < -0.3 is 5.32 Å². The number of nitrogens with one attached hydrogen (secondary N) is 2. The van der Waals surface area contributed by atoms with Gasteiger partial charge in [0.25, 0.3) is 0 Å². The zero-order valence-electron chi connectivity index (χ0n) is 16.9. The molecule has 2 N–H and O–H groups in total. The van der Waals surface area contributed by atoms with Crippen molar-refractivity contribution in [3.63, 3.8) is 0 Å². The van der Waals surface area contributed by atoms with Crippen LogP contribution in [0.5, 0.6) is 0 Å². The number of nitrogens with zero attached hydrogens (tertiary/aromatic N) is 5. The van der Waals surface area contributed by atoms with Crippen molar-refractivity contribution in [2.45, 2.75) is 39.7 Å². The molecule has 1 unspecified atom stereocenters. The predicted molar refractivity (Wildman–Crippen MR) is 114 cm³/mol. The first-order valence-electron chi connectivity index (χ1n) is 9.82. The number of aromatic amines is 1. The van der Waals surface area contributed by atoms with Crippen LogP contribution in [0, 0.1) is 5.41 Å². The average molecular weight is 387 g/mol. The van der Waals surface area contributed by atoms with E-state index >= 15 is 0 Å². The van der Waals surface area contributed by atoms with Gasteiger partial charge in [0.15, 0.2) is 11.6 Å². The van der Waals surface area contributed by atoms with E-state index in [2.05, 4.69) is 46.7 Å². The molecule has 0 saturated heterocycles. The maximum absolute atomic E-state index is 4.86. The molecule has 0 aliphatic carbocycles. The van der Waals surface area contributed by atoms with E-state index in [1.165, 1.54) is 0 Å². The van der Waals surface area contributed by atoms with Gasteiger partial charge in [-0.15, -0.1) is 10.2 Å². The van der Waals surface area contributed by atoms with Gasteiger partial charge in [-0.3, -0.25) is 0 Å². The number of anilines is 1. The Morgan fingerprint density at radius 1 is 0.966 bits per heavy atom. The molecule has 0 spiro atoms. The van der Waals surface area contributed by atoms with Crippen LogP contribution in [0.1, 0.15) is 45.5 Å². The second kappa shape index (κ2) is 7.95. The molecule has 0 aliphatic rings. The van der Waals surface area contributed by atoms with Crippen molar-refractivity contribution < 1.29 is 0 Å². The zero-order chi connectivity index (χ0) is 20.3. The highest BCUT2D eigenvalue weighted by atomic mass is 15.5. The molecule has 29 heavy (non-hydrogen) atoms. The Kier molecular flexibility index (Phi) is 5.20. The molecule has 4 rings (SSSR count). The van der Waals surface area contributed by atoms with Crippen molar-refractivity contribution in [3.8, 4) is 11.4 Å². The number of rotatable bonds is 6. The van der Waals surface area contributed by atoms with Gasteiger partial charge in [0.1, 0.15) is 5.82 Å². The van der Waals surface area contributed by atoms with Gasteiger partial charge in [-0.2, -0.15) is 5.21 Å². The van der Waals surface area contributed by atoms with E-state index < -0.39 is 0 Å². The quantitative estimate of drug-likeness (QED) is 0.494. The first kappa shape index (κ1) is 19.0. The van der Waals surface area contributed by atoms with Crippen molar-refractivity contribution in [3.05, 3.63) is 60.4 Å². The van der Waals surface area contributed by atoms with E-state index in [1.54, 1.807) is 0 Å². The van der Waals surface area contributed by atoms with Gasteiger partial charge in [-0.25, -0.2) is 9.97 Å². The molecule has 0 saturated carbocycles. The number of tetrazole rings is 1. The number of benzene rings is 2. The van der Waals surface area contributed by atoms with Gasteiger partial charge in [0.05, 0.1) is 11.6 Å². The molecule has 148 valence electrons. The maximum Gasteiger partial charge on any atom is 0.196 e. The monoisotopic (exact) mass is 387 g/mol. The summed E-state index contributed by atoms with van der Waals surface area (Å²) in [4.78, 5) is 9.62. The molecule has 0 fully saturated rings. The summed E-state index contributed by atoms with van der Waals surface area (Å²) in [6.45, 7) is 6.69. The summed E-state index contributed by atoms with van der Waals surface area (Å²) in [6.07, 6.45) is 1.87. The number of fused-ring (bicyclic) bond motifs is 1. The minimum Gasteiger partial charge on any atom is -0.359 e. The molecular weight excluding hydrogens is 362 g/mol. The summed E-state index contributed by atoms with van der Waals surface area (Å²) in [5, 5.41) is 19.3. The van der Waals surface area contributed by atoms with E-state index in [4.69, 9.17) is 9.97 Å². The van der Waals surface area contributed by atoms with Crippen LogP contribution in [-0.2, 0) is 0 Å². The van der Waals surface area contributed by atoms with E-state index in [0.29, 0.717) is 11.6 Å². The van der Waals surface area contributed by atoms with E-state index in [9.17, 15) is 0 Å². The Morgan fingerprint density at radius 2 is 1.72 bits per heavy atom. The lowest BCUT2D eigenvalue weighted by Gasteiger charge is -2.23. The highest BCUT2D eigenvalue weighted by Crippen LogP contribution is 2.31. The third kappa shape index (κ3) is 4.56. The Bertz CT molecular complexity index is 1070. The Labute approximate surface area is 170 Å². The lowest BCUT2D eigenvalue weighted by Crippen LogP contribution is -2.17. The summed E-state index contributed by atoms with van der Waals surface area (Å²) in [5.74, 6) is 2.10. The molecular formula is C22H25N7. The van der Waals surface area contributed by atoms with Crippen LogP contribution in [0.15, 0.2) is 54.6 Å². The van der Waals surface area contributed by atoms with Crippen molar-refractivity contribution in [2.75, 3.05) is 5.32 Å². The molecule has 7 nitrogen and oxygen atoms in total. The van der Waals surface area contributed by atoms with Crippen molar-refractivity contribution in [1.82, 2.24) is 30.6 Å². The third-order valence-electron chi connectivity index (χ3n) is 4.80. The fraction of sp³-hybridized carbons (Fsp3) is 0.318. The van der Waals surface area contributed by atoms with Crippen molar-refractivity contribution in [1.29, 1.82) is 0 Å². The molecule has 0 radical (unpaired) electrons. The van der Waals surface area contributed by atoms with Crippen molar-refractivity contribution in [2.24, 2.45) is 5.41 Å². The van der Waals surface area contributed by atoms with Gasteiger partial charge in [0.2, 0.25) is 0 Å². The van der Waals surface area contributed by atoms with Crippen LogP contribution < -0.4 is 5.32 Å². The lowest BCUT2D eigenvalue weighted by molar-refractivity contribution is 0.352. The van der Waals surface area contributed by atoms with Crippen LogP contribution in [0.2, 0.25) is 0 Å². The SMILES string of the molecule is CC(C)(C)CCC(Nc1nc(-c2ccccc2)nc2ccccc12)c1nn[nH]n1. The van der Waals surface area contributed by atoms with Crippen LogP contribution in [0.25, 0.3) is 22.3 Å². The molecule has 0 bridgehead atoms. The predicted octanol–water partition coefficient (Wildman–Crippen LogP) is 4.79. The summed E-state index contributed by atoms with van der Waals surface area (Å²) >= 11 is 0. The fourth-order valence-electron chi connectivity index (χ4n) is 3.23. The smallest absolute Gasteiger partial charge is 0.196 e. The number of hydrogen-bond acceptors (Lipinski definition) is 6. The second-order valence-electron chi connectivity index (χ2n) is 8.35. The molecule has 0 aliphatic heterocycles. The summed E-state index contributed by atoms with van der Waals surface area (Å²) < 4.78 is 0. The van der Waals surface area contributed by atoms with Gasteiger partial charge >= 0.3 is 0 Å². The Morgan fingerprint density at radius 3 is 2.45 bits per heavy atom. The highest BCUT2D eigenvalue weighted by molar-refractivity contribution is 5.90. The average Bonchev–Trinajstić information content (AvgIpc) is 3.25. The van der Waals surface area contributed by atoms with Crippen molar-refractivity contribution >= 4 is 16.7 Å². The normalized spacial score (nSPS) is 12.8. The molecule has 0 amide bonds. The van der Waals surface area contributed by atoms with Gasteiger partial charge in [-0.05, 0) is 30.4 Å². The largest absolute Gasteiger partial charge is 0.359 e. The Hall–Kier alpha value is -3.35. The van der Waals surface area contributed by atoms with Crippen LogP contribution in [0.3, 0.4) is 0 Å². The van der Waals surface area contributed by atoms with Crippen LogP contribution in [0.4, 0.5) is 5.82 Å². The third-order valence-corrected chi connectivity index (χ3v) is 4.80. The number of para-hydroxylation sites is 1. The molecule has 7 heteroatoms. The topological polar surface area (TPSA) is 92.3 Å². The minimum absolute atomic E-state index is 0.102. The van der Waals surface area contributed by atoms with E-state index in [1.807, 2.05) is 54.6 Å². The molecule has 2 aromatic carbocycles. The molecule has 2 aromatic heterocycles. The lowest BCUT2D eigenvalue weighted by atomic mass is 9.88. The van der Waals surface area contributed by atoms with E-state index in [-0.39, 0.29) is 11.5 Å². The number of aromatic nitrogens is 6. The number of hydrogen-bond donors (Lipinski definition) is 2. The van der Waals surface area contributed by atoms with Crippen LogP contribution >= 0.6 is 0 Å². The van der Waals surface area contributed by atoms with Crippen LogP contribution in [-0.4, -0.2) is 30.6 Å². The summed E-state index contributed by atoms with van der Waals surface area (Å²) in [7, 11) is 0. The standard InChI is InChI=1S/C22H25N7/c1-22(2,3)14-13-18(21-26-28-29-27-21)24-20-16-11-7-8-12-17(16)23-19(25-20)15-9-5-4-6-10-15/h4-12,18H,13-14H2,1-3H3,(H,23,24,25)(H,26,27,28,29). The van der Waals surface area contributed by atoms with Gasteiger partial charge in [0, 0.05) is 10.9 Å². The molecule has 1 atom stereocenters. The fourth-order valence-corrected chi connectivity index (χ4v) is 3.23. The van der Waals surface area contributed by atoms with E-state index in [0.717, 1.165) is 35.1 Å². The summed E-state index contributed by atoms with van der Waals surface area (Å²) in [5.41, 5.74) is 2.07.